The van der Waals surface area contributed by atoms with E-state index in [1.54, 1.807) is 0 Å². The van der Waals surface area contributed by atoms with Gasteiger partial charge >= 0.3 is 0 Å². The lowest BCUT2D eigenvalue weighted by Gasteiger charge is -2.22. The van der Waals surface area contributed by atoms with Gasteiger partial charge in [-0.3, -0.25) is 4.79 Å². The summed E-state index contributed by atoms with van der Waals surface area (Å²) in [5.74, 6) is 0.844. The molecule has 2 fully saturated rings. The Hall–Kier alpha value is -0.410. The summed E-state index contributed by atoms with van der Waals surface area (Å²) in [4.78, 5) is 11.9. The van der Waals surface area contributed by atoms with Crippen molar-refractivity contribution in [2.45, 2.75) is 51.2 Å². The molecule has 3 nitrogen and oxygen atoms in total. The lowest BCUT2D eigenvalue weighted by Crippen LogP contribution is -2.26. The highest BCUT2D eigenvalue weighted by atomic mass is 16.5. The molecule has 0 aromatic rings. The van der Waals surface area contributed by atoms with Crippen molar-refractivity contribution in [1.82, 2.24) is 0 Å². The van der Waals surface area contributed by atoms with Crippen LogP contribution in [0.3, 0.4) is 0 Å². The summed E-state index contributed by atoms with van der Waals surface area (Å²) < 4.78 is 10.9. The van der Waals surface area contributed by atoms with Crippen LogP contribution in [0, 0.1) is 5.92 Å². The summed E-state index contributed by atoms with van der Waals surface area (Å²) in [6.07, 6.45) is 4.88. The predicted octanol–water partition coefficient (Wildman–Crippen LogP) is 1.94. The fourth-order valence-corrected chi connectivity index (χ4v) is 2.41. The Morgan fingerprint density at radius 3 is 2.53 bits per heavy atom. The van der Waals surface area contributed by atoms with Crippen molar-refractivity contribution in [3.05, 3.63) is 0 Å². The maximum atomic E-state index is 11.9. The van der Waals surface area contributed by atoms with E-state index in [0.717, 1.165) is 38.9 Å². The van der Waals surface area contributed by atoms with Crippen LogP contribution in [-0.4, -0.2) is 31.2 Å². The van der Waals surface area contributed by atoms with Crippen LogP contribution in [0.5, 0.6) is 0 Å². The van der Waals surface area contributed by atoms with Gasteiger partial charge < -0.3 is 9.47 Å². The van der Waals surface area contributed by atoms with Gasteiger partial charge in [0.05, 0.1) is 6.10 Å². The van der Waals surface area contributed by atoms with E-state index in [1.807, 2.05) is 6.92 Å². The topological polar surface area (TPSA) is 35.5 Å². The van der Waals surface area contributed by atoms with E-state index in [0.29, 0.717) is 18.1 Å². The average molecular weight is 212 g/mol. The molecule has 2 aliphatic rings. The van der Waals surface area contributed by atoms with Gasteiger partial charge in [-0.25, -0.2) is 0 Å². The molecule has 0 bridgehead atoms. The van der Waals surface area contributed by atoms with E-state index in [-0.39, 0.29) is 12.2 Å². The third-order valence-corrected chi connectivity index (χ3v) is 3.42. The fraction of sp³-hybridized carbons (Fsp3) is 0.917. The number of ether oxygens (including phenoxy) is 2. The number of Topliss-reactive ketones (excluding diaryl/α,β-unsaturated/α-hetero) is 1. The van der Waals surface area contributed by atoms with E-state index in [4.69, 9.17) is 9.47 Å². The molecule has 2 atom stereocenters. The molecule has 0 aromatic carbocycles. The summed E-state index contributed by atoms with van der Waals surface area (Å²) in [7, 11) is 0. The van der Waals surface area contributed by atoms with Gasteiger partial charge in [-0.15, -0.1) is 0 Å². The first kappa shape index (κ1) is 11.1. The molecule has 0 N–H and O–H groups in total. The van der Waals surface area contributed by atoms with Gasteiger partial charge in [0.2, 0.25) is 0 Å². The van der Waals surface area contributed by atoms with Crippen LogP contribution in [0.1, 0.15) is 39.0 Å². The Labute approximate surface area is 91.1 Å². The van der Waals surface area contributed by atoms with E-state index in [1.165, 1.54) is 0 Å². The minimum atomic E-state index is -0.108. The molecule has 2 heterocycles. The molecule has 2 aliphatic heterocycles. The molecule has 2 unspecified atom stereocenters. The van der Waals surface area contributed by atoms with Crippen molar-refractivity contribution >= 4 is 5.78 Å². The molecule has 0 saturated carbocycles. The number of carbonyl (C=O) groups is 1. The third-order valence-electron chi connectivity index (χ3n) is 3.42. The Balaban J connectivity index is 1.76. The Bertz CT molecular complexity index is 221. The number of hydrogen-bond acceptors (Lipinski definition) is 3. The summed E-state index contributed by atoms with van der Waals surface area (Å²) in [6, 6.07) is 0. The maximum Gasteiger partial charge on any atom is 0.161 e. The Kier molecular flexibility index (Phi) is 3.76. The molecular formula is C12H20O3. The van der Waals surface area contributed by atoms with Gasteiger partial charge in [0.25, 0.3) is 0 Å². The van der Waals surface area contributed by atoms with Crippen LogP contribution in [0.4, 0.5) is 0 Å². The standard InChI is InChI=1S/C12H20O3/c1-9-2-3-12(15-9)11(13)8-10-4-6-14-7-5-10/h9-10,12H,2-8H2,1H3. The predicted molar refractivity (Wildman–Crippen MR) is 56.7 cm³/mol. The van der Waals surface area contributed by atoms with Crippen molar-refractivity contribution < 1.29 is 14.3 Å². The molecule has 86 valence electrons. The molecular weight excluding hydrogens is 192 g/mol. The summed E-state index contributed by atoms with van der Waals surface area (Å²) in [6.45, 7) is 3.68. The van der Waals surface area contributed by atoms with E-state index < -0.39 is 0 Å². The zero-order valence-electron chi connectivity index (χ0n) is 9.41. The van der Waals surface area contributed by atoms with Crippen LogP contribution in [0.25, 0.3) is 0 Å². The average Bonchev–Trinajstić information content (AvgIpc) is 2.66. The first-order valence-corrected chi connectivity index (χ1v) is 6.01. The monoisotopic (exact) mass is 212 g/mol. The third kappa shape index (κ3) is 3.02. The lowest BCUT2D eigenvalue weighted by atomic mass is 9.92. The van der Waals surface area contributed by atoms with Crippen molar-refractivity contribution in [2.24, 2.45) is 5.92 Å². The number of ketones is 1. The van der Waals surface area contributed by atoms with Crippen LogP contribution in [-0.2, 0) is 14.3 Å². The normalized spacial score (nSPS) is 33.1. The van der Waals surface area contributed by atoms with Crippen molar-refractivity contribution in [2.75, 3.05) is 13.2 Å². The first-order chi connectivity index (χ1) is 7.25. The molecule has 2 saturated heterocycles. The summed E-state index contributed by atoms with van der Waals surface area (Å²) >= 11 is 0. The molecule has 2 rings (SSSR count). The highest BCUT2D eigenvalue weighted by Crippen LogP contribution is 2.25. The second-order valence-corrected chi connectivity index (χ2v) is 4.74. The minimum absolute atomic E-state index is 0.108. The minimum Gasteiger partial charge on any atom is -0.381 e. The van der Waals surface area contributed by atoms with Gasteiger partial charge in [-0.2, -0.15) is 0 Å². The Morgan fingerprint density at radius 2 is 1.93 bits per heavy atom. The first-order valence-electron chi connectivity index (χ1n) is 6.01. The van der Waals surface area contributed by atoms with Gasteiger partial charge in [0.1, 0.15) is 6.10 Å². The zero-order valence-corrected chi connectivity index (χ0v) is 9.41. The molecule has 0 aromatic heterocycles. The van der Waals surface area contributed by atoms with E-state index in [9.17, 15) is 4.79 Å². The SMILES string of the molecule is CC1CCC(C(=O)CC2CCOCC2)O1. The fourth-order valence-electron chi connectivity index (χ4n) is 2.41. The summed E-state index contributed by atoms with van der Waals surface area (Å²) in [5.41, 5.74) is 0. The van der Waals surface area contributed by atoms with Gasteiger partial charge in [-0.1, -0.05) is 0 Å². The van der Waals surface area contributed by atoms with Gasteiger partial charge in [0.15, 0.2) is 5.78 Å². The maximum absolute atomic E-state index is 11.9. The van der Waals surface area contributed by atoms with Crippen LogP contribution >= 0.6 is 0 Å². The molecule has 3 heteroatoms. The van der Waals surface area contributed by atoms with Gasteiger partial charge in [0, 0.05) is 19.6 Å². The number of rotatable bonds is 3. The molecule has 15 heavy (non-hydrogen) atoms. The second-order valence-electron chi connectivity index (χ2n) is 4.74. The quantitative estimate of drug-likeness (QED) is 0.717. The van der Waals surface area contributed by atoms with Crippen LogP contribution in [0.15, 0.2) is 0 Å². The highest BCUT2D eigenvalue weighted by molar-refractivity contribution is 5.83. The molecule has 0 aliphatic carbocycles. The van der Waals surface area contributed by atoms with Crippen LogP contribution < -0.4 is 0 Å². The van der Waals surface area contributed by atoms with Crippen molar-refractivity contribution in [1.29, 1.82) is 0 Å². The molecule has 0 amide bonds. The van der Waals surface area contributed by atoms with E-state index in [2.05, 4.69) is 0 Å². The van der Waals surface area contributed by atoms with Crippen molar-refractivity contribution in [3.8, 4) is 0 Å². The second kappa shape index (κ2) is 5.08. The largest absolute Gasteiger partial charge is 0.381 e. The van der Waals surface area contributed by atoms with E-state index >= 15 is 0 Å². The molecule has 0 spiro atoms. The van der Waals surface area contributed by atoms with Crippen LogP contribution in [0.2, 0.25) is 0 Å². The summed E-state index contributed by atoms with van der Waals surface area (Å²) in [5, 5.41) is 0. The number of carbonyl (C=O) groups excluding carboxylic acids is 1. The Morgan fingerprint density at radius 1 is 1.20 bits per heavy atom. The molecule has 0 radical (unpaired) electrons. The van der Waals surface area contributed by atoms with Crippen molar-refractivity contribution in [3.63, 3.8) is 0 Å². The highest BCUT2D eigenvalue weighted by Gasteiger charge is 2.29. The zero-order chi connectivity index (χ0) is 10.7. The lowest BCUT2D eigenvalue weighted by molar-refractivity contribution is -0.131. The van der Waals surface area contributed by atoms with Gasteiger partial charge in [-0.05, 0) is 38.5 Å². The number of hydrogen-bond donors (Lipinski definition) is 0. The smallest absolute Gasteiger partial charge is 0.161 e.